The Morgan fingerprint density at radius 3 is 2.17 bits per heavy atom. The summed E-state index contributed by atoms with van der Waals surface area (Å²) in [5, 5.41) is 6.63. The van der Waals surface area contributed by atoms with Gasteiger partial charge in [-0.05, 0) is 35.9 Å². The fraction of sp³-hybridized carbons (Fsp3) is 0.125. The first-order valence-electron chi connectivity index (χ1n) is 6.70. The first-order chi connectivity index (χ1) is 10.9. The number of hydrogen-bond donors (Lipinski definition) is 2. The van der Waals surface area contributed by atoms with E-state index in [1.54, 1.807) is 36.4 Å². The van der Waals surface area contributed by atoms with Crippen LogP contribution < -0.4 is 10.6 Å². The lowest BCUT2D eigenvalue weighted by atomic mass is 10.2. The third-order valence-electron chi connectivity index (χ3n) is 2.93. The van der Waals surface area contributed by atoms with Gasteiger partial charge in [-0.3, -0.25) is 9.59 Å². The van der Waals surface area contributed by atoms with Gasteiger partial charge in [-0.25, -0.2) is 0 Å². The molecule has 0 unspecified atom stereocenters. The maximum absolute atomic E-state index is 11.8. The van der Waals surface area contributed by atoms with Crippen LogP contribution in [0, 0.1) is 0 Å². The summed E-state index contributed by atoms with van der Waals surface area (Å²) in [5.41, 5.74) is 1.30. The molecule has 2 N–H and O–H groups in total. The summed E-state index contributed by atoms with van der Waals surface area (Å²) in [7, 11) is 0. The van der Waals surface area contributed by atoms with Gasteiger partial charge >= 0.3 is 0 Å². The normalized spacial score (nSPS) is 10.2. The predicted molar refractivity (Wildman–Crippen MR) is 93.0 cm³/mol. The fourth-order valence-corrected chi connectivity index (χ4v) is 2.38. The van der Waals surface area contributed by atoms with Gasteiger partial charge in [0, 0.05) is 16.6 Å². The number of hydrogen-bond acceptors (Lipinski definition) is 2. The Bertz CT molecular complexity index is 718. The van der Waals surface area contributed by atoms with Crippen LogP contribution in [0.3, 0.4) is 0 Å². The lowest BCUT2D eigenvalue weighted by molar-refractivity contribution is -0.126. The van der Waals surface area contributed by atoms with Crippen LogP contribution in [-0.2, 0) is 16.1 Å². The monoisotopic (exact) mass is 370 g/mol. The largest absolute Gasteiger partial charge is 0.352 e. The van der Waals surface area contributed by atoms with Crippen molar-refractivity contribution < 1.29 is 9.59 Å². The average molecular weight is 372 g/mol. The fourth-order valence-electron chi connectivity index (χ4n) is 1.80. The summed E-state index contributed by atoms with van der Waals surface area (Å²) in [6.07, 6.45) is -0.299. The molecule has 0 aliphatic rings. The summed E-state index contributed by atoms with van der Waals surface area (Å²) >= 11 is 17.5. The van der Waals surface area contributed by atoms with Crippen molar-refractivity contribution in [1.82, 2.24) is 5.32 Å². The Kier molecular flexibility index (Phi) is 6.28. The van der Waals surface area contributed by atoms with Crippen molar-refractivity contribution in [2.45, 2.75) is 13.0 Å². The quantitative estimate of drug-likeness (QED) is 0.770. The van der Waals surface area contributed by atoms with E-state index in [1.165, 1.54) is 6.07 Å². The van der Waals surface area contributed by atoms with E-state index < -0.39 is 5.91 Å². The molecule has 120 valence electrons. The summed E-state index contributed by atoms with van der Waals surface area (Å²) in [6, 6.07) is 11.8. The lowest BCUT2D eigenvalue weighted by Gasteiger charge is -2.08. The Morgan fingerprint density at radius 1 is 0.870 bits per heavy atom. The number of benzene rings is 2. The predicted octanol–water partition coefficient (Wildman–Crippen LogP) is 4.29. The molecule has 0 aliphatic carbocycles. The summed E-state index contributed by atoms with van der Waals surface area (Å²) < 4.78 is 0. The number of nitrogens with one attached hydrogen (secondary N) is 2. The molecule has 0 fully saturated rings. The van der Waals surface area contributed by atoms with Crippen LogP contribution in [0.5, 0.6) is 0 Å². The van der Waals surface area contributed by atoms with Crippen molar-refractivity contribution in [3.05, 3.63) is 63.1 Å². The SMILES string of the molecule is O=C(CC(=O)Nc1ccc(Cl)cc1Cl)NCc1ccc(Cl)cc1. The van der Waals surface area contributed by atoms with E-state index in [0.717, 1.165) is 5.56 Å². The minimum Gasteiger partial charge on any atom is -0.352 e. The van der Waals surface area contributed by atoms with Crippen LogP contribution in [0.4, 0.5) is 5.69 Å². The molecule has 2 amide bonds. The van der Waals surface area contributed by atoms with Gasteiger partial charge < -0.3 is 10.6 Å². The van der Waals surface area contributed by atoms with Gasteiger partial charge in [0.1, 0.15) is 6.42 Å². The molecular weight excluding hydrogens is 359 g/mol. The lowest BCUT2D eigenvalue weighted by Crippen LogP contribution is -2.27. The molecule has 2 aromatic rings. The van der Waals surface area contributed by atoms with E-state index in [1.807, 2.05) is 0 Å². The molecule has 0 spiro atoms. The van der Waals surface area contributed by atoms with Crippen molar-refractivity contribution in [1.29, 1.82) is 0 Å². The van der Waals surface area contributed by atoms with Crippen LogP contribution in [0.1, 0.15) is 12.0 Å². The van der Waals surface area contributed by atoms with E-state index in [0.29, 0.717) is 27.3 Å². The molecule has 0 bridgehead atoms. The molecule has 0 aliphatic heterocycles. The zero-order valence-electron chi connectivity index (χ0n) is 11.9. The van der Waals surface area contributed by atoms with Crippen LogP contribution in [-0.4, -0.2) is 11.8 Å². The molecular formula is C16H13Cl3N2O2. The van der Waals surface area contributed by atoms with Gasteiger partial charge in [0.05, 0.1) is 10.7 Å². The molecule has 2 rings (SSSR count). The Morgan fingerprint density at radius 2 is 1.52 bits per heavy atom. The average Bonchev–Trinajstić information content (AvgIpc) is 2.49. The minimum atomic E-state index is -0.456. The molecule has 23 heavy (non-hydrogen) atoms. The molecule has 2 aromatic carbocycles. The summed E-state index contributed by atoms with van der Waals surface area (Å²) in [5.74, 6) is -0.842. The highest BCUT2D eigenvalue weighted by Gasteiger charge is 2.11. The van der Waals surface area contributed by atoms with E-state index in [4.69, 9.17) is 34.8 Å². The van der Waals surface area contributed by atoms with E-state index >= 15 is 0 Å². The number of halogens is 3. The topological polar surface area (TPSA) is 58.2 Å². The highest BCUT2D eigenvalue weighted by molar-refractivity contribution is 6.36. The third-order valence-corrected chi connectivity index (χ3v) is 3.73. The first kappa shape index (κ1) is 17.6. The van der Waals surface area contributed by atoms with Crippen molar-refractivity contribution in [2.24, 2.45) is 0 Å². The number of carbonyl (C=O) groups is 2. The van der Waals surface area contributed by atoms with E-state index in [2.05, 4.69) is 10.6 Å². The smallest absolute Gasteiger partial charge is 0.233 e. The Balaban J connectivity index is 1.82. The van der Waals surface area contributed by atoms with E-state index in [-0.39, 0.29) is 12.3 Å². The first-order valence-corrected chi connectivity index (χ1v) is 7.83. The van der Waals surface area contributed by atoms with Gasteiger partial charge in [0.15, 0.2) is 0 Å². The number of anilines is 1. The number of amides is 2. The molecule has 4 nitrogen and oxygen atoms in total. The van der Waals surface area contributed by atoms with Crippen LogP contribution in [0.25, 0.3) is 0 Å². The minimum absolute atomic E-state index is 0.299. The molecule has 0 saturated heterocycles. The van der Waals surface area contributed by atoms with Crippen molar-refractivity contribution in [2.75, 3.05) is 5.32 Å². The summed E-state index contributed by atoms with van der Waals surface area (Å²) in [4.78, 5) is 23.6. The highest BCUT2D eigenvalue weighted by atomic mass is 35.5. The number of rotatable bonds is 5. The molecule has 7 heteroatoms. The molecule has 0 atom stereocenters. The second-order valence-electron chi connectivity index (χ2n) is 4.75. The second kappa shape index (κ2) is 8.20. The van der Waals surface area contributed by atoms with Gasteiger partial charge in [-0.1, -0.05) is 46.9 Å². The molecule has 0 saturated carbocycles. The standard InChI is InChI=1S/C16H13Cl3N2O2/c17-11-3-1-10(2-4-11)9-20-15(22)8-16(23)21-14-6-5-12(18)7-13(14)19/h1-7H,8-9H2,(H,20,22)(H,21,23). The molecule has 0 aromatic heterocycles. The van der Waals surface area contributed by atoms with Gasteiger partial charge in [-0.15, -0.1) is 0 Å². The zero-order chi connectivity index (χ0) is 16.8. The van der Waals surface area contributed by atoms with Crippen LogP contribution in [0.15, 0.2) is 42.5 Å². The Hall–Kier alpha value is -1.75. The van der Waals surface area contributed by atoms with Crippen LogP contribution in [0.2, 0.25) is 15.1 Å². The van der Waals surface area contributed by atoms with Gasteiger partial charge in [0.2, 0.25) is 11.8 Å². The maximum Gasteiger partial charge on any atom is 0.233 e. The van der Waals surface area contributed by atoms with Crippen molar-refractivity contribution in [3.63, 3.8) is 0 Å². The van der Waals surface area contributed by atoms with Gasteiger partial charge in [-0.2, -0.15) is 0 Å². The number of carbonyl (C=O) groups excluding carboxylic acids is 2. The highest BCUT2D eigenvalue weighted by Crippen LogP contribution is 2.25. The van der Waals surface area contributed by atoms with Crippen LogP contribution >= 0.6 is 34.8 Å². The summed E-state index contributed by atoms with van der Waals surface area (Å²) in [6.45, 7) is 0.324. The Labute approximate surface area is 148 Å². The van der Waals surface area contributed by atoms with Crippen molar-refractivity contribution in [3.8, 4) is 0 Å². The molecule has 0 heterocycles. The van der Waals surface area contributed by atoms with Crippen molar-refractivity contribution >= 4 is 52.3 Å². The van der Waals surface area contributed by atoms with Gasteiger partial charge in [0.25, 0.3) is 0 Å². The zero-order valence-corrected chi connectivity index (χ0v) is 14.2. The maximum atomic E-state index is 11.8. The second-order valence-corrected chi connectivity index (χ2v) is 6.03. The van der Waals surface area contributed by atoms with E-state index in [9.17, 15) is 9.59 Å². The molecule has 0 radical (unpaired) electrons. The third kappa shape index (κ3) is 5.75.